The summed E-state index contributed by atoms with van der Waals surface area (Å²) in [6.45, 7) is 2.15. The zero-order valence-electron chi connectivity index (χ0n) is 6.23. The van der Waals surface area contributed by atoms with Crippen LogP contribution in [0.3, 0.4) is 0 Å². The number of nitrogens with one attached hydrogen (secondary N) is 1. The highest BCUT2D eigenvalue weighted by Gasteiger charge is 2.11. The molecule has 0 aromatic heterocycles. The molecule has 62 valence electrons. The number of hydrogen-bond donors (Lipinski definition) is 1. The molecule has 0 saturated carbocycles. The molecule has 4 heteroatoms. The lowest BCUT2D eigenvalue weighted by atomic mass is 10.3. The van der Waals surface area contributed by atoms with E-state index in [-0.39, 0.29) is 0 Å². The van der Waals surface area contributed by atoms with Gasteiger partial charge in [-0.15, -0.1) is 0 Å². The molecule has 1 atom stereocenters. The monoisotopic (exact) mass is 169 g/mol. The fourth-order valence-electron chi connectivity index (χ4n) is 0.478. The first-order valence-electron chi connectivity index (χ1n) is 3.19. The van der Waals surface area contributed by atoms with Gasteiger partial charge in [-0.1, -0.05) is 0 Å². The SMILES string of the molecule is CSCCNC(C)C(F)F. The highest BCUT2D eigenvalue weighted by molar-refractivity contribution is 7.98. The summed E-state index contributed by atoms with van der Waals surface area (Å²) in [4.78, 5) is 0. The van der Waals surface area contributed by atoms with Gasteiger partial charge < -0.3 is 5.32 Å². The van der Waals surface area contributed by atoms with Crippen molar-refractivity contribution in [2.75, 3.05) is 18.6 Å². The number of alkyl halides is 2. The number of halogens is 2. The zero-order chi connectivity index (χ0) is 7.98. The number of rotatable bonds is 5. The molecule has 0 heterocycles. The number of hydrogen-bond acceptors (Lipinski definition) is 2. The summed E-state index contributed by atoms with van der Waals surface area (Å²) in [7, 11) is 0. The van der Waals surface area contributed by atoms with Crippen LogP contribution < -0.4 is 5.32 Å². The maximum atomic E-state index is 11.8. The van der Waals surface area contributed by atoms with Gasteiger partial charge in [0, 0.05) is 12.3 Å². The van der Waals surface area contributed by atoms with E-state index in [1.165, 1.54) is 6.92 Å². The van der Waals surface area contributed by atoms with Crippen LogP contribution in [-0.2, 0) is 0 Å². The molecule has 1 unspecified atom stereocenters. The maximum Gasteiger partial charge on any atom is 0.253 e. The average molecular weight is 169 g/mol. The van der Waals surface area contributed by atoms with Crippen molar-refractivity contribution >= 4 is 11.8 Å². The van der Waals surface area contributed by atoms with Crippen molar-refractivity contribution in [3.8, 4) is 0 Å². The van der Waals surface area contributed by atoms with Crippen LogP contribution >= 0.6 is 11.8 Å². The van der Waals surface area contributed by atoms with E-state index in [9.17, 15) is 8.78 Å². The quantitative estimate of drug-likeness (QED) is 0.627. The molecule has 0 saturated heterocycles. The molecule has 0 aliphatic rings. The van der Waals surface area contributed by atoms with Gasteiger partial charge in [-0.3, -0.25) is 0 Å². The van der Waals surface area contributed by atoms with E-state index < -0.39 is 12.5 Å². The third-order valence-corrected chi connectivity index (χ3v) is 1.76. The molecule has 10 heavy (non-hydrogen) atoms. The summed E-state index contributed by atoms with van der Waals surface area (Å²) >= 11 is 1.65. The van der Waals surface area contributed by atoms with Gasteiger partial charge in [0.05, 0.1) is 6.04 Å². The lowest BCUT2D eigenvalue weighted by Gasteiger charge is -2.10. The Bertz CT molecular complexity index is 80.1. The van der Waals surface area contributed by atoms with E-state index in [0.29, 0.717) is 6.54 Å². The third kappa shape index (κ3) is 4.99. The van der Waals surface area contributed by atoms with Crippen LogP contribution in [0, 0.1) is 0 Å². The Morgan fingerprint density at radius 2 is 2.10 bits per heavy atom. The molecule has 1 N–H and O–H groups in total. The predicted molar refractivity (Wildman–Crippen MR) is 41.9 cm³/mol. The molecule has 1 nitrogen and oxygen atoms in total. The van der Waals surface area contributed by atoms with Gasteiger partial charge in [0.2, 0.25) is 0 Å². The van der Waals surface area contributed by atoms with Gasteiger partial charge in [0.15, 0.2) is 0 Å². The molecule has 0 aromatic carbocycles. The van der Waals surface area contributed by atoms with Crippen molar-refractivity contribution in [1.29, 1.82) is 0 Å². The van der Waals surface area contributed by atoms with Crippen LogP contribution in [0.15, 0.2) is 0 Å². The Morgan fingerprint density at radius 3 is 2.50 bits per heavy atom. The van der Waals surface area contributed by atoms with Crippen molar-refractivity contribution in [2.45, 2.75) is 19.4 Å². The molecule has 0 spiro atoms. The molecule has 0 aliphatic carbocycles. The van der Waals surface area contributed by atoms with E-state index in [2.05, 4.69) is 5.32 Å². The second-order valence-corrected chi connectivity index (χ2v) is 3.06. The van der Waals surface area contributed by atoms with E-state index in [1.54, 1.807) is 11.8 Å². The molecule has 0 fully saturated rings. The minimum atomic E-state index is -2.25. The topological polar surface area (TPSA) is 12.0 Å². The summed E-state index contributed by atoms with van der Waals surface area (Å²) in [5.74, 6) is 0.886. The summed E-state index contributed by atoms with van der Waals surface area (Å²) in [6.07, 6.45) is -0.295. The maximum absolute atomic E-state index is 11.8. The van der Waals surface area contributed by atoms with Crippen molar-refractivity contribution in [1.82, 2.24) is 5.32 Å². The Kier molecular flexibility index (Phi) is 6.02. The van der Waals surface area contributed by atoms with Gasteiger partial charge in [-0.25, -0.2) is 8.78 Å². The summed E-state index contributed by atoms with van der Waals surface area (Å²) < 4.78 is 23.6. The standard InChI is InChI=1S/C6H13F2NS/c1-5(6(7)8)9-3-4-10-2/h5-6,9H,3-4H2,1-2H3. The van der Waals surface area contributed by atoms with E-state index in [0.717, 1.165) is 5.75 Å². The second kappa shape index (κ2) is 5.92. The molecule has 0 aromatic rings. The van der Waals surface area contributed by atoms with Crippen molar-refractivity contribution in [3.63, 3.8) is 0 Å². The Balaban J connectivity index is 3.13. The molecule has 0 rings (SSSR count). The average Bonchev–Trinajstić information content (AvgIpc) is 1.88. The highest BCUT2D eigenvalue weighted by atomic mass is 32.2. The third-order valence-electron chi connectivity index (χ3n) is 1.15. The van der Waals surface area contributed by atoms with Gasteiger partial charge in [-0.05, 0) is 13.2 Å². The van der Waals surface area contributed by atoms with E-state index >= 15 is 0 Å². The van der Waals surface area contributed by atoms with Crippen LogP contribution in [0.25, 0.3) is 0 Å². The van der Waals surface area contributed by atoms with Crippen molar-refractivity contribution in [2.24, 2.45) is 0 Å². The van der Waals surface area contributed by atoms with Gasteiger partial charge in [0.25, 0.3) is 6.43 Å². The van der Waals surface area contributed by atoms with Crippen molar-refractivity contribution < 1.29 is 8.78 Å². The largest absolute Gasteiger partial charge is 0.308 e. The number of thioether (sulfide) groups is 1. The lowest BCUT2D eigenvalue weighted by molar-refractivity contribution is 0.107. The molecule has 0 amide bonds. The smallest absolute Gasteiger partial charge is 0.253 e. The van der Waals surface area contributed by atoms with Crippen LogP contribution in [-0.4, -0.2) is 31.0 Å². The normalized spacial score (nSPS) is 14.1. The Labute approximate surface area is 64.6 Å². The Hall–Kier alpha value is 0.170. The van der Waals surface area contributed by atoms with Gasteiger partial charge >= 0.3 is 0 Å². The zero-order valence-corrected chi connectivity index (χ0v) is 7.05. The first kappa shape index (κ1) is 10.2. The van der Waals surface area contributed by atoms with Gasteiger partial charge in [0.1, 0.15) is 0 Å². The van der Waals surface area contributed by atoms with E-state index in [4.69, 9.17) is 0 Å². The highest BCUT2D eigenvalue weighted by Crippen LogP contribution is 1.99. The van der Waals surface area contributed by atoms with Crippen LogP contribution in [0.2, 0.25) is 0 Å². The van der Waals surface area contributed by atoms with E-state index in [1.807, 2.05) is 6.26 Å². The first-order valence-corrected chi connectivity index (χ1v) is 4.58. The predicted octanol–water partition coefficient (Wildman–Crippen LogP) is 1.59. The first-order chi connectivity index (χ1) is 4.68. The minimum Gasteiger partial charge on any atom is -0.308 e. The summed E-state index contributed by atoms with van der Waals surface area (Å²) in [5, 5.41) is 2.71. The summed E-state index contributed by atoms with van der Waals surface area (Å²) in [6, 6.07) is -0.674. The minimum absolute atomic E-state index is 0.659. The van der Waals surface area contributed by atoms with Crippen molar-refractivity contribution in [3.05, 3.63) is 0 Å². The fourth-order valence-corrected chi connectivity index (χ4v) is 0.800. The van der Waals surface area contributed by atoms with Crippen LogP contribution in [0.4, 0.5) is 8.78 Å². The molecular formula is C6H13F2NS. The van der Waals surface area contributed by atoms with Gasteiger partial charge in [-0.2, -0.15) is 11.8 Å². The molecule has 0 radical (unpaired) electrons. The molecular weight excluding hydrogens is 156 g/mol. The van der Waals surface area contributed by atoms with Crippen LogP contribution in [0.1, 0.15) is 6.92 Å². The fraction of sp³-hybridized carbons (Fsp3) is 1.00. The molecule has 0 aliphatic heterocycles. The molecule has 0 bridgehead atoms. The Morgan fingerprint density at radius 1 is 1.50 bits per heavy atom. The second-order valence-electron chi connectivity index (χ2n) is 2.07. The lowest BCUT2D eigenvalue weighted by Crippen LogP contribution is -2.34. The van der Waals surface area contributed by atoms with Crippen LogP contribution in [0.5, 0.6) is 0 Å². The summed E-state index contributed by atoms with van der Waals surface area (Å²) in [5.41, 5.74) is 0.